The van der Waals surface area contributed by atoms with E-state index in [1.807, 2.05) is 54.6 Å². The summed E-state index contributed by atoms with van der Waals surface area (Å²) in [6, 6.07) is 19.5. The number of rotatable bonds is 5. The van der Waals surface area contributed by atoms with E-state index in [2.05, 4.69) is 25.5 Å². The molecule has 8 heteroatoms. The number of para-hydroxylation sites is 1. The van der Waals surface area contributed by atoms with Gasteiger partial charge in [-0.05, 0) is 48.0 Å². The van der Waals surface area contributed by atoms with E-state index in [0.29, 0.717) is 22.4 Å². The van der Waals surface area contributed by atoms with Crippen LogP contribution in [0.3, 0.4) is 0 Å². The molecule has 0 atom stereocenters. The highest BCUT2D eigenvalue weighted by Crippen LogP contribution is 2.29. The largest absolute Gasteiger partial charge is 0.456 e. The Morgan fingerprint density at radius 2 is 1.78 bits per heavy atom. The van der Waals surface area contributed by atoms with Gasteiger partial charge in [-0.25, -0.2) is 9.37 Å². The molecular weight excluding hydrogens is 409 g/mol. The zero-order valence-corrected chi connectivity index (χ0v) is 16.6. The lowest BCUT2D eigenvalue weighted by Crippen LogP contribution is -2.13. The number of nitrogens with one attached hydrogen (secondary N) is 2. The third-order valence-corrected chi connectivity index (χ3v) is 4.77. The predicted octanol–water partition coefficient (Wildman–Crippen LogP) is 5.20. The standard InChI is InChI=1S/C24H16FN5O2/c25-17-7-9-22(27-13-17)28-24(31)23-20-11-15(6-8-21(20)29-30-23)16-10-19(14-26-12-16)32-18-4-2-1-3-5-18/h1-14H,(H,29,30)(H,27,28,31). The van der Waals surface area contributed by atoms with Gasteiger partial charge in [-0.1, -0.05) is 24.3 Å². The molecule has 0 aliphatic heterocycles. The number of benzene rings is 2. The molecule has 0 fully saturated rings. The van der Waals surface area contributed by atoms with Crippen molar-refractivity contribution in [1.82, 2.24) is 20.2 Å². The van der Waals surface area contributed by atoms with Gasteiger partial charge >= 0.3 is 0 Å². The number of halogens is 1. The van der Waals surface area contributed by atoms with E-state index < -0.39 is 11.7 Å². The number of carbonyl (C=O) groups excluding carboxylic acids is 1. The highest BCUT2D eigenvalue weighted by molar-refractivity contribution is 6.11. The number of H-pyrrole nitrogens is 1. The average molecular weight is 425 g/mol. The maximum Gasteiger partial charge on any atom is 0.277 e. The fraction of sp³-hybridized carbons (Fsp3) is 0. The number of aromatic nitrogens is 4. The lowest BCUT2D eigenvalue weighted by Gasteiger charge is -2.08. The number of ether oxygens (including phenoxy) is 1. The Kier molecular flexibility index (Phi) is 5.01. The first-order chi connectivity index (χ1) is 15.7. The normalized spacial score (nSPS) is 10.8. The highest BCUT2D eigenvalue weighted by atomic mass is 19.1. The number of amides is 1. The second kappa shape index (κ2) is 8.27. The van der Waals surface area contributed by atoms with Gasteiger partial charge in [0.05, 0.1) is 17.9 Å². The van der Waals surface area contributed by atoms with Gasteiger partial charge in [-0.15, -0.1) is 0 Å². The number of pyridine rings is 2. The highest BCUT2D eigenvalue weighted by Gasteiger charge is 2.16. The molecule has 0 radical (unpaired) electrons. The van der Waals surface area contributed by atoms with Crippen molar-refractivity contribution in [1.29, 1.82) is 0 Å². The molecule has 2 aromatic carbocycles. The fourth-order valence-electron chi connectivity index (χ4n) is 3.25. The Morgan fingerprint density at radius 1 is 0.906 bits per heavy atom. The Bertz CT molecular complexity index is 1400. The van der Waals surface area contributed by atoms with Crippen LogP contribution in [0.2, 0.25) is 0 Å². The maximum absolute atomic E-state index is 13.1. The average Bonchev–Trinajstić information content (AvgIpc) is 3.25. The number of nitrogens with zero attached hydrogens (tertiary/aromatic N) is 3. The third-order valence-electron chi connectivity index (χ3n) is 4.77. The smallest absolute Gasteiger partial charge is 0.277 e. The summed E-state index contributed by atoms with van der Waals surface area (Å²) < 4.78 is 18.9. The number of aromatic amines is 1. The molecule has 0 unspecified atom stereocenters. The Labute approximate surface area is 181 Å². The van der Waals surface area contributed by atoms with Crippen LogP contribution in [-0.2, 0) is 0 Å². The van der Waals surface area contributed by atoms with E-state index in [1.165, 1.54) is 12.1 Å². The van der Waals surface area contributed by atoms with Crippen LogP contribution >= 0.6 is 0 Å². The summed E-state index contributed by atoms with van der Waals surface area (Å²) in [6.07, 6.45) is 4.40. The van der Waals surface area contributed by atoms with Gasteiger partial charge in [0.15, 0.2) is 5.69 Å². The van der Waals surface area contributed by atoms with Gasteiger partial charge < -0.3 is 10.1 Å². The van der Waals surface area contributed by atoms with Crippen LogP contribution in [-0.4, -0.2) is 26.1 Å². The molecule has 1 amide bonds. The zero-order chi connectivity index (χ0) is 21.9. The van der Waals surface area contributed by atoms with Gasteiger partial charge in [0, 0.05) is 17.1 Å². The number of hydrogen-bond donors (Lipinski definition) is 2. The van der Waals surface area contributed by atoms with Crippen molar-refractivity contribution in [3.63, 3.8) is 0 Å². The summed E-state index contributed by atoms with van der Waals surface area (Å²) in [4.78, 5) is 20.8. The van der Waals surface area contributed by atoms with Crippen molar-refractivity contribution >= 4 is 22.6 Å². The van der Waals surface area contributed by atoms with Gasteiger partial charge in [-0.2, -0.15) is 5.10 Å². The van der Waals surface area contributed by atoms with Gasteiger partial charge in [0.25, 0.3) is 5.91 Å². The van der Waals surface area contributed by atoms with Crippen LogP contribution < -0.4 is 10.1 Å². The summed E-state index contributed by atoms with van der Waals surface area (Å²) in [6.45, 7) is 0. The topological polar surface area (TPSA) is 92.8 Å². The number of anilines is 1. The van der Waals surface area contributed by atoms with Gasteiger partial charge in [0.2, 0.25) is 0 Å². The van der Waals surface area contributed by atoms with Crippen LogP contribution in [0, 0.1) is 5.82 Å². The number of hydrogen-bond acceptors (Lipinski definition) is 5. The first-order valence-corrected chi connectivity index (χ1v) is 9.75. The third kappa shape index (κ3) is 4.01. The lowest BCUT2D eigenvalue weighted by atomic mass is 10.0. The molecule has 3 aromatic heterocycles. The van der Waals surface area contributed by atoms with Crippen molar-refractivity contribution in [3.8, 4) is 22.6 Å². The van der Waals surface area contributed by atoms with Crippen LogP contribution in [0.1, 0.15) is 10.5 Å². The molecule has 0 spiro atoms. The first-order valence-electron chi connectivity index (χ1n) is 9.75. The van der Waals surface area contributed by atoms with E-state index in [4.69, 9.17) is 4.74 Å². The molecule has 32 heavy (non-hydrogen) atoms. The molecule has 2 N–H and O–H groups in total. The van der Waals surface area contributed by atoms with Crippen LogP contribution in [0.25, 0.3) is 22.0 Å². The SMILES string of the molecule is O=C(Nc1ccc(F)cn1)c1n[nH]c2ccc(-c3cncc(Oc4ccccc4)c3)cc12. The summed E-state index contributed by atoms with van der Waals surface area (Å²) >= 11 is 0. The van der Waals surface area contributed by atoms with E-state index in [0.717, 1.165) is 17.3 Å². The summed E-state index contributed by atoms with van der Waals surface area (Å²) in [5.74, 6) is 0.613. The predicted molar refractivity (Wildman–Crippen MR) is 118 cm³/mol. The van der Waals surface area contributed by atoms with Crippen molar-refractivity contribution < 1.29 is 13.9 Å². The van der Waals surface area contributed by atoms with E-state index >= 15 is 0 Å². The van der Waals surface area contributed by atoms with Crippen molar-refractivity contribution in [2.75, 3.05) is 5.32 Å². The van der Waals surface area contributed by atoms with Crippen molar-refractivity contribution in [2.24, 2.45) is 0 Å². The molecule has 0 bridgehead atoms. The van der Waals surface area contributed by atoms with Crippen LogP contribution in [0.4, 0.5) is 10.2 Å². The second-order valence-corrected chi connectivity index (χ2v) is 6.97. The minimum atomic E-state index is -0.482. The van der Waals surface area contributed by atoms with Crippen LogP contribution in [0.15, 0.2) is 85.3 Å². The second-order valence-electron chi connectivity index (χ2n) is 6.97. The fourth-order valence-corrected chi connectivity index (χ4v) is 3.25. The Hall–Kier alpha value is -4.59. The Morgan fingerprint density at radius 3 is 2.59 bits per heavy atom. The van der Waals surface area contributed by atoms with E-state index in [1.54, 1.807) is 12.4 Å². The van der Waals surface area contributed by atoms with E-state index in [9.17, 15) is 9.18 Å². The monoisotopic (exact) mass is 425 g/mol. The molecule has 0 aliphatic carbocycles. The molecule has 156 valence electrons. The summed E-state index contributed by atoms with van der Waals surface area (Å²) in [5, 5.41) is 10.3. The number of carbonyl (C=O) groups is 1. The molecule has 3 heterocycles. The van der Waals surface area contributed by atoms with Gasteiger partial charge in [0.1, 0.15) is 23.1 Å². The van der Waals surface area contributed by atoms with Crippen molar-refractivity contribution in [3.05, 3.63) is 96.8 Å². The molecule has 0 aliphatic rings. The van der Waals surface area contributed by atoms with Gasteiger partial charge in [-0.3, -0.25) is 14.9 Å². The molecule has 0 saturated heterocycles. The minimum Gasteiger partial charge on any atom is -0.456 e. The molecule has 5 rings (SSSR count). The van der Waals surface area contributed by atoms with E-state index in [-0.39, 0.29) is 11.5 Å². The molecule has 5 aromatic rings. The summed E-state index contributed by atoms with van der Waals surface area (Å²) in [7, 11) is 0. The lowest BCUT2D eigenvalue weighted by molar-refractivity contribution is 0.102. The molecular formula is C24H16FN5O2. The number of fused-ring (bicyclic) bond motifs is 1. The molecule has 7 nitrogen and oxygen atoms in total. The van der Waals surface area contributed by atoms with Crippen LogP contribution in [0.5, 0.6) is 11.5 Å². The summed E-state index contributed by atoms with van der Waals surface area (Å²) in [5.41, 5.74) is 2.58. The van der Waals surface area contributed by atoms with Crippen molar-refractivity contribution in [2.45, 2.75) is 0 Å². The Balaban J connectivity index is 1.44. The first kappa shape index (κ1) is 19.4. The quantitative estimate of drug-likeness (QED) is 0.404. The zero-order valence-electron chi connectivity index (χ0n) is 16.6. The maximum atomic E-state index is 13.1. The minimum absolute atomic E-state index is 0.206. The molecule has 0 saturated carbocycles.